The summed E-state index contributed by atoms with van der Waals surface area (Å²) in [5, 5.41) is 5.28. The van der Waals surface area contributed by atoms with Crippen LogP contribution in [-0.2, 0) is 9.47 Å². The van der Waals surface area contributed by atoms with E-state index in [1.165, 1.54) is 19.1 Å². The molecule has 0 spiro atoms. The van der Waals surface area contributed by atoms with Crippen molar-refractivity contribution in [2.45, 2.75) is 44.4 Å². The number of amides is 4. The number of imide groups is 1. The van der Waals surface area contributed by atoms with Gasteiger partial charge < -0.3 is 20.1 Å². The number of carbonyl (C=O) groups excluding carboxylic acids is 3. The van der Waals surface area contributed by atoms with Crippen molar-refractivity contribution in [1.82, 2.24) is 10.2 Å². The molecule has 1 aliphatic heterocycles. The molecule has 0 atom stereocenters. The van der Waals surface area contributed by atoms with E-state index in [1.807, 2.05) is 0 Å². The van der Waals surface area contributed by atoms with Crippen LogP contribution in [0.25, 0.3) is 0 Å². The van der Waals surface area contributed by atoms with Gasteiger partial charge in [-0.05, 0) is 31.0 Å². The van der Waals surface area contributed by atoms with Gasteiger partial charge in [0.15, 0.2) is 6.29 Å². The van der Waals surface area contributed by atoms with Crippen molar-refractivity contribution in [1.29, 1.82) is 0 Å². The molecule has 2 N–H and O–H groups in total. The van der Waals surface area contributed by atoms with Gasteiger partial charge >= 0.3 is 6.03 Å². The first-order chi connectivity index (χ1) is 13.0. The van der Waals surface area contributed by atoms with Crippen molar-refractivity contribution in [2.24, 2.45) is 0 Å². The van der Waals surface area contributed by atoms with Crippen molar-refractivity contribution < 1.29 is 23.9 Å². The number of anilines is 1. The zero-order chi connectivity index (χ0) is 19.4. The maximum atomic E-state index is 12.8. The zero-order valence-corrected chi connectivity index (χ0v) is 15.6. The maximum Gasteiger partial charge on any atom is 0.319 e. The number of benzene rings is 1. The Bertz CT molecular complexity index is 726. The second kappa shape index (κ2) is 8.49. The van der Waals surface area contributed by atoms with Crippen LogP contribution < -0.4 is 10.6 Å². The van der Waals surface area contributed by atoms with E-state index in [4.69, 9.17) is 9.47 Å². The monoisotopic (exact) mass is 375 g/mol. The molecule has 0 radical (unpaired) electrons. The summed E-state index contributed by atoms with van der Waals surface area (Å²) in [6.45, 7) is 0.177. The molecule has 0 aromatic heterocycles. The third-order valence-corrected chi connectivity index (χ3v) is 5.07. The topological polar surface area (TPSA) is 97.0 Å². The Labute approximate surface area is 158 Å². The van der Waals surface area contributed by atoms with E-state index in [2.05, 4.69) is 10.6 Å². The van der Waals surface area contributed by atoms with Crippen LogP contribution in [0.5, 0.6) is 0 Å². The molecule has 1 heterocycles. The van der Waals surface area contributed by atoms with Crippen LogP contribution in [-0.4, -0.2) is 55.8 Å². The normalized spacial score (nSPS) is 17.4. The molecule has 1 aliphatic carbocycles. The summed E-state index contributed by atoms with van der Waals surface area (Å²) in [6.07, 6.45) is 4.40. The predicted octanol–water partition coefficient (Wildman–Crippen LogP) is 2.36. The minimum atomic E-state index is -0.543. The number of nitrogens with zero attached hydrogens (tertiary/aromatic N) is 1. The fourth-order valence-corrected chi connectivity index (χ4v) is 3.62. The van der Waals surface area contributed by atoms with Crippen molar-refractivity contribution in [3.05, 3.63) is 29.3 Å². The van der Waals surface area contributed by atoms with Crippen LogP contribution >= 0.6 is 0 Å². The Morgan fingerprint density at radius 1 is 1.11 bits per heavy atom. The summed E-state index contributed by atoms with van der Waals surface area (Å²) in [5.41, 5.74) is 1.19. The van der Waals surface area contributed by atoms with Crippen LogP contribution in [0.3, 0.4) is 0 Å². The Morgan fingerprint density at radius 2 is 1.78 bits per heavy atom. The molecule has 1 saturated carbocycles. The van der Waals surface area contributed by atoms with Gasteiger partial charge in [-0.1, -0.05) is 19.3 Å². The van der Waals surface area contributed by atoms with Gasteiger partial charge in [0.05, 0.1) is 17.7 Å². The summed E-state index contributed by atoms with van der Waals surface area (Å²) in [6, 6.07) is 4.31. The average molecular weight is 375 g/mol. The number of urea groups is 1. The SMILES string of the molecule is COC(CNC(=O)Nc1ccc2c(c1)C(=O)N(C1CCCCC1)C2=O)OC. The lowest BCUT2D eigenvalue weighted by molar-refractivity contribution is -0.0970. The van der Waals surface area contributed by atoms with Crippen LogP contribution in [0.2, 0.25) is 0 Å². The van der Waals surface area contributed by atoms with E-state index in [0.29, 0.717) is 16.8 Å². The van der Waals surface area contributed by atoms with Crippen molar-refractivity contribution in [2.75, 3.05) is 26.1 Å². The highest BCUT2D eigenvalue weighted by Crippen LogP contribution is 2.32. The van der Waals surface area contributed by atoms with Crippen LogP contribution in [0.4, 0.5) is 10.5 Å². The fraction of sp³-hybridized carbons (Fsp3) is 0.526. The summed E-state index contributed by atoms with van der Waals surface area (Å²) in [7, 11) is 2.96. The first-order valence-electron chi connectivity index (χ1n) is 9.17. The molecule has 0 saturated heterocycles. The molecule has 0 unspecified atom stereocenters. The molecule has 1 fully saturated rings. The summed E-state index contributed by atoms with van der Waals surface area (Å²) >= 11 is 0. The second-order valence-electron chi connectivity index (χ2n) is 6.77. The Kier molecular flexibility index (Phi) is 6.08. The molecular formula is C19H25N3O5. The number of fused-ring (bicyclic) bond motifs is 1. The lowest BCUT2D eigenvalue weighted by Crippen LogP contribution is -2.40. The first kappa shape index (κ1) is 19.3. The van der Waals surface area contributed by atoms with Gasteiger partial charge in [0.25, 0.3) is 11.8 Å². The number of carbonyl (C=O) groups is 3. The largest absolute Gasteiger partial charge is 0.354 e. The average Bonchev–Trinajstić information content (AvgIpc) is 2.93. The molecule has 2 aliphatic rings. The molecule has 27 heavy (non-hydrogen) atoms. The van der Waals surface area contributed by atoms with Crippen molar-refractivity contribution in [3.63, 3.8) is 0 Å². The highest BCUT2D eigenvalue weighted by Gasteiger charge is 2.40. The van der Waals surface area contributed by atoms with E-state index < -0.39 is 12.3 Å². The van der Waals surface area contributed by atoms with Crippen LogP contribution in [0.15, 0.2) is 18.2 Å². The highest BCUT2D eigenvalue weighted by atomic mass is 16.7. The molecule has 8 nitrogen and oxygen atoms in total. The predicted molar refractivity (Wildman–Crippen MR) is 98.6 cm³/mol. The van der Waals surface area contributed by atoms with E-state index in [0.717, 1.165) is 32.1 Å². The van der Waals surface area contributed by atoms with Crippen LogP contribution in [0.1, 0.15) is 52.8 Å². The van der Waals surface area contributed by atoms with E-state index in [-0.39, 0.29) is 24.4 Å². The van der Waals surface area contributed by atoms with Gasteiger partial charge in [-0.25, -0.2) is 4.79 Å². The minimum absolute atomic E-state index is 0.0223. The third-order valence-electron chi connectivity index (χ3n) is 5.07. The summed E-state index contributed by atoms with van der Waals surface area (Å²) < 4.78 is 10.0. The summed E-state index contributed by atoms with van der Waals surface area (Å²) in [5.74, 6) is -0.509. The third kappa shape index (κ3) is 4.12. The molecule has 0 bridgehead atoms. The quantitative estimate of drug-likeness (QED) is 0.588. The first-order valence-corrected chi connectivity index (χ1v) is 9.17. The highest BCUT2D eigenvalue weighted by molar-refractivity contribution is 6.22. The van der Waals surface area contributed by atoms with Gasteiger partial charge in [0, 0.05) is 25.9 Å². The lowest BCUT2D eigenvalue weighted by Gasteiger charge is -2.29. The van der Waals surface area contributed by atoms with E-state index in [1.54, 1.807) is 18.2 Å². The Morgan fingerprint density at radius 3 is 2.44 bits per heavy atom. The Hall–Kier alpha value is -2.45. The van der Waals surface area contributed by atoms with Crippen molar-refractivity contribution in [3.8, 4) is 0 Å². The lowest BCUT2D eigenvalue weighted by atomic mass is 9.94. The van der Waals surface area contributed by atoms with Crippen LogP contribution in [0, 0.1) is 0 Å². The number of hydrogen-bond donors (Lipinski definition) is 2. The molecule has 8 heteroatoms. The number of rotatable bonds is 6. The standard InChI is InChI=1S/C19H25N3O5/c1-26-16(27-2)11-20-19(25)21-12-8-9-14-15(10-12)18(24)22(17(14)23)13-6-4-3-5-7-13/h8-10,13,16H,3-7,11H2,1-2H3,(H2,20,21,25). The fourth-order valence-electron chi connectivity index (χ4n) is 3.62. The molecular weight excluding hydrogens is 350 g/mol. The van der Waals surface area contributed by atoms with Gasteiger partial charge in [-0.15, -0.1) is 0 Å². The molecule has 146 valence electrons. The van der Waals surface area contributed by atoms with Gasteiger partial charge in [-0.2, -0.15) is 0 Å². The minimum Gasteiger partial charge on any atom is -0.354 e. The number of nitrogens with one attached hydrogen (secondary N) is 2. The second-order valence-corrected chi connectivity index (χ2v) is 6.77. The van der Waals surface area contributed by atoms with E-state index in [9.17, 15) is 14.4 Å². The zero-order valence-electron chi connectivity index (χ0n) is 15.6. The smallest absolute Gasteiger partial charge is 0.319 e. The maximum absolute atomic E-state index is 12.8. The molecule has 4 amide bonds. The molecule has 1 aromatic carbocycles. The van der Waals surface area contributed by atoms with Gasteiger partial charge in [0.1, 0.15) is 0 Å². The number of ether oxygens (including phenoxy) is 2. The van der Waals surface area contributed by atoms with Crippen molar-refractivity contribution >= 4 is 23.5 Å². The van der Waals surface area contributed by atoms with E-state index >= 15 is 0 Å². The molecule has 1 aromatic rings. The number of methoxy groups -OCH3 is 2. The number of hydrogen-bond acceptors (Lipinski definition) is 5. The van der Waals surface area contributed by atoms with Gasteiger partial charge in [0.2, 0.25) is 0 Å². The Balaban J connectivity index is 1.67. The van der Waals surface area contributed by atoms with Gasteiger partial charge in [-0.3, -0.25) is 14.5 Å². The summed E-state index contributed by atoms with van der Waals surface area (Å²) in [4.78, 5) is 38.9. The molecule has 3 rings (SSSR count).